The second kappa shape index (κ2) is 2.94. The fourth-order valence-corrected chi connectivity index (χ4v) is 2.07. The number of nitrogens with zero attached hydrogens (tertiary/aromatic N) is 1. The van der Waals surface area contributed by atoms with E-state index in [0.717, 1.165) is 25.7 Å². The van der Waals surface area contributed by atoms with Crippen LogP contribution in [-0.2, 0) is 4.74 Å². The number of hydrogen-bond donors (Lipinski definition) is 1. The van der Waals surface area contributed by atoms with Gasteiger partial charge in [0.2, 0.25) is 0 Å². The second-order valence-electron chi connectivity index (χ2n) is 3.39. The molecule has 0 aromatic rings. The van der Waals surface area contributed by atoms with E-state index in [-0.39, 0.29) is 25.0 Å². The molecule has 4 nitrogen and oxygen atoms in total. The highest BCUT2D eigenvalue weighted by Gasteiger charge is 2.42. The van der Waals surface area contributed by atoms with Gasteiger partial charge in [0.25, 0.3) is 0 Å². The van der Waals surface area contributed by atoms with Gasteiger partial charge in [0.05, 0.1) is 6.04 Å². The van der Waals surface area contributed by atoms with Crippen LogP contribution in [-0.4, -0.2) is 35.0 Å². The lowest BCUT2D eigenvalue weighted by Crippen LogP contribution is -2.38. The fourth-order valence-electron chi connectivity index (χ4n) is 2.07. The molecule has 4 heteroatoms. The number of hydrogen-bond acceptors (Lipinski definition) is 3. The van der Waals surface area contributed by atoms with Crippen molar-refractivity contribution in [2.24, 2.45) is 0 Å². The lowest BCUT2D eigenvalue weighted by atomic mass is 9.93. The van der Waals surface area contributed by atoms with Crippen LogP contribution in [0.25, 0.3) is 0 Å². The first-order chi connectivity index (χ1) is 5.83. The lowest BCUT2D eigenvalue weighted by molar-refractivity contribution is 0.100. The molecule has 2 unspecified atom stereocenters. The number of carbonyl (C=O) groups is 1. The largest absolute Gasteiger partial charge is 0.444 e. The maximum absolute atomic E-state index is 11.1. The number of ether oxygens (including phenoxy) is 1. The Labute approximate surface area is 71.1 Å². The van der Waals surface area contributed by atoms with Crippen LogP contribution < -0.4 is 0 Å². The molecule has 0 aromatic heterocycles. The van der Waals surface area contributed by atoms with Crippen LogP contribution in [0.2, 0.25) is 0 Å². The van der Waals surface area contributed by atoms with Gasteiger partial charge in [-0.2, -0.15) is 0 Å². The van der Waals surface area contributed by atoms with Gasteiger partial charge in [0.15, 0.2) is 0 Å². The van der Waals surface area contributed by atoms with Crippen molar-refractivity contribution in [3.63, 3.8) is 0 Å². The maximum atomic E-state index is 11.1. The molecule has 2 aliphatic rings. The van der Waals surface area contributed by atoms with E-state index in [1.54, 1.807) is 0 Å². The molecule has 2 fully saturated rings. The van der Waals surface area contributed by atoms with Crippen LogP contribution >= 0.6 is 0 Å². The Balaban J connectivity index is 2.10. The van der Waals surface area contributed by atoms with Gasteiger partial charge >= 0.3 is 6.09 Å². The Kier molecular flexibility index (Phi) is 1.92. The summed E-state index contributed by atoms with van der Waals surface area (Å²) in [7, 11) is 0. The van der Waals surface area contributed by atoms with E-state index < -0.39 is 0 Å². The molecular weight excluding hydrogens is 158 g/mol. The van der Waals surface area contributed by atoms with Gasteiger partial charge in [0, 0.05) is 0 Å². The predicted octanol–water partition coefficient (Wildman–Crippen LogP) is 0.700. The second-order valence-corrected chi connectivity index (χ2v) is 3.39. The van der Waals surface area contributed by atoms with Gasteiger partial charge in [-0.25, -0.2) is 4.79 Å². The Hall–Kier alpha value is -0.770. The number of amides is 1. The summed E-state index contributed by atoms with van der Waals surface area (Å²) in [6.45, 7) is -0.208. The van der Waals surface area contributed by atoms with Crippen molar-refractivity contribution in [1.29, 1.82) is 0 Å². The first-order valence-corrected chi connectivity index (χ1v) is 4.41. The van der Waals surface area contributed by atoms with Crippen molar-refractivity contribution in [2.45, 2.75) is 37.8 Å². The standard InChI is InChI=1S/C8H13NO3/c10-5-9-6-3-1-2-4-7(6)12-8(9)11/h6-7,10H,1-5H2. The Morgan fingerprint density at radius 1 is 1.50 bits per heavy atom. The number of aliphatic hydroxyl groups excluding tert-OH is 1. The van der Waals surface area contributed by atoms with E-state index in [0.29, 0.717) is 0 Å². The summed E-state index contributed by atoms with van der Waals surface area (Å²) in [6.07, 6.45) is 3.87. The highest BCUT2D eigenvalue weighted by Crippen LogP contribution is 2.30. The minimum absolute atomic E-state index is 0.0402. The molecule has 12 heavy (non-hydrogen) atoms. The Morgan fingerprint density at radius 3 is 3.00 bits per heavy atom. The lowest BCUT2D eigenvalue weighted by Gasteiger charge is -2.26. The third-order valence-electron chi connectivity index (χ3n) is 2.71. The summed E-state index contributed by atoms with van der Waals surface area (Å²) >= 11 is 0. The molecule has 0 aromatic carbocycles. The fraction of sp³-hybridized carbons (Fsp3) is 0.875. The minimum Gasteiger partial charge on any atom is -0.444 e. The van der Waals surface area contributed by atoms with Gasteiger partial charge in [-0.1, -0.05) is 6.42 Å². The molecule has 2 atom stereocenters. The van der Waals surface area contributed by atoms with E-state index in [1.165, 1.54) is 4.90 Å². The Morgan fingerprint density at radius 2 is 2.25 bits per heavy atom. The highest BCUT2D eigenvalue weighted by molar-refractivity contribution is 5.70. The zero-order valence-corrected chi connectivity index (χ0v) is 6.90. The van der Waals surface area contributed by atoms with Crippen LogP contribution in [0.4, 0.5) is 4.79 Å². The van der Waals surface area contributed by atoms with E-state index >= 15 is 0 Å². The van der Waals surface area contributed by atoms with E-state index in [2.05, 4.69) is 0 Å². The topological polar surface area (TPSA) is 49.8 Å². The molecule has 1 saturated heterocycles. The summed E-state index contributed by atoms with van der Waals surface area (Å²) < 4.78 is 5.10. The summed E-state index contributed by atoms with van der Waals surface area (Å²) in [4.78, 5) is 12.5. The van der Waals surface area contributed by atoms with Gasteiger partial charge in [-0.05, 0) is 19.3 Å². The predicted molar refractivity (Wildman–Crippen MR) is 41.4 cm³/mol. The molecule has 2 rings (SSSR count). The number of aliphatic hydroxyl groups is 1. The summed E-state index contributed by atoms with van der Waals surface area (Å²) in [5, 5.41) is 8.90. The Bertz CT molecular complexity index is 195. The normalized spacial score (nSPS) is 34.8. The molecule has 0 radical (unpaired) electrons. The third-order valence-corrected chi connectivity index (χ3v) is 2.71. The molecule has 0 spiro atoms. The van der Waals surface area contributed by atoms with E-state index in [4.69, 9.17) is 9.84 Å². The summed E-state index contributed by atoms with van der Waals surface area (Å²) in [5.74, 6) is 0. The molecular formula is C8H13NO3. The maximum Gasteiger partial charge on any atom is 0.412 e. The molecule has 1 amide bonds. The van der Waals surface area contributed by atoms with Crippen molar-refractivity contribution < 1.29 is 14.6 Å². The molecule has 1 heterocycles. The SMILES string of the molecule is O=C1OC2CCCCC2N1CO. The monoisotopic (exact) mass is 171 g/mol. The molecule has 68 valence electrons. The van der Waals surface area contributed by atoms with Crippen LogP contribution in [0.5, 0.6) is 0 Å². The third kappa shape index (κ3) is 1.06. The van der Waals surface area contributed by atoms with Crippen molar-refractivity contribution in [3.8, 4) is 0 Å². The van der Waals surface area contributed by atoms with Gasteiger partial charge < -0.3 is 9.84 Å². The average Bonchev–Trinajstić information content (AvgIpc) is 2.40. The zero-order valence-electron chi connectivity index (χ0n) is 6.90. The summed E-state index contributed by atoms with van der Waals surface area (Å²) in [6, 6.07) is 0.135. The van der Waals surface area contributed by atoms with Gasteiger partial charge in [-0.3, -0.25) is 4.90 Å². The first-order valence-electron chi connectivity index (χ1n) is 4.41. The number of rotatable bonds is 1. The zero-order chi connectivity index (χ0) is 8.55. The van der Waals surface area contributed by atoms with Gasteiger partial charge in [0.1, 0.15) is 12.8 Å². The van der Waals surface area contributed by atoms with Crippen molar-refractivity contribution in [3.05, 3.63) is 0 Å². The number of carbonyl (C=O) groups excluding carboxylic acids is 1. The molecule has 1 aliphatic carbocycles. The van der Waals surface area contributed by atoms with Crippen LogP contribution in [0.3, 0.4) is 0 Å². The first kappa shape index (κ1) is 7.86. The van der Waals surface area contributed by atoms with Crippen molar-refractivity contribution >= 4 is 6.09 Å². The minimum atomic E-state index is -0.352. The van der Waals surface area contributed by atoms with Crippen LogP contribution in [0.1, 0.15) is 25.7 Å². The molecule has 1 saturated carbocycles. The molecule has 1 aliphatic heterocycles. The highest BCUT2D eigenvalue weighted by atomic mass is 16.6. The molecule has 1 N–H and O–H groups in total. The van der Waals surface area contributed by atoms with Crippen molar-refractivity contribution in [2.75, 3.05) is 6.73 Å². The molecule has 0 bridgehead atoms. The smallest absolute Gasteiger partial charge is 0.412 e. The van der Waals surface area contributed by atoms with Crippen LogP contribution in [0.15, 0.2) is 0 Å². The number of fused-ring (bicyclic) bond motifs is 1. The van der Waals surface area contributed by atoms with Crippen LogP contribution in [0, 0.1) is 0 Å². The van der Waals surface area contributed by atoms with E-state index in [9.17, 15) is 4.79 Å². The quantitative estimate of drug-likeness (QED) is 0.631. The average molecular weight is 171 g/mol. The van der Waals surface area contributed by atoms with Crippen molar-refractivity contribution in [1.82, 2.24) is 4.90 Å². The van der Waals surface area contributed by atoms with E-state index in [1.807, 2.05) is 0 Å². The summed E-state index contributed by atoms with van der Waals surface area (Å²) in [5.41, 5.74) is 0. The van der Waals surface area contributed by atoms with Gasteiger partial charge in [-0.15, -0.1) is 0 Å².